The Bertz CT molecular complexity index is 287. The van der Waals surface area contributed by atoms with Gasteiger partial charge in [-0.3, -0.25) is 5.32 Å². The van der Waals surface area contributed by atoms with Crippen molar-refractivity contribution in [2.24, 2.45) is 0 Å². The number of hydrogen-bond donors (Lipinski definition) is 2. The molecule has 0 saturated carbocycles. The zero-order valence-corrected chi connectivity index (χ0v) is 8.63. The van der Waals surface area contributed by atoms with E-state index in [0.29, 0.717) is 6.54 Å². The van der Waals surface area contributed by atoms with E-state index in [9.17, 15) is 4.79 Å². The predicted octanol–water partition coefficient (Wildman–Crippen LogP) is 1.38. The van der Waals surface area contributed by atoms with Crippen molar-refractivity contribution >= 4 is 27.9 Å². The van der Waals surface area contributed by atoms with Crippen LogP contribution in [-0.4, -0.2) is 22.5 Å². The molecule has 0 radical (unpaired) electrons. The lowest BCUT2D eigenvalue weighted by molar-refractivity contribution is 0.252. The summed E-state index contributed by atoms with van der Waals surface area (Å²) in [5, 5.41) is 5.04. The molecule has 13 heavy (non-hydrogen) atoms. The van der Waals surface area contributed by atoms with Crippen LogP contribution in [0.25, 0.3) is 0 Å². The van der Waals surface area contributed by atoms with E-state index in [4.69, 9.17) is 0 Å². The van der Waals surface area contributed by atoms with Crippen molar-refractivity contribution < 1.29 is 4.79 Å². The topological polar surface area (TPSA) is 66.9 Å². The molecular formula is C7H9BrN4O. The highest BCUT2D eigenvalue weighted by Crippen LogP contribution is 2.06. The van der Waals surface area contributed by atoms with Crippen LogP contribution in [-0.2, 0) is 0 Å². The molecule has 0 fully saturated rings. The number of nitrogens with zero attached hydrogens (tertiary/aromatic N) is 2. The van der Waals surface area contributed by atoms with Gasteiger partial charge in [0.1, 0.15) is 0 Å². The van der Waals surface area contributed by atoms with Gasteiger partial charge in [0.2, 0.25) is 5.95 Å². The molecule has 0 bridgehead atoms. The Labute approximate surface area is 84.1 Å². The summed E-state index contributed by atoms with van der Waals surface area (Å²) in [6.07, 6.45) is 3.13. The molecule has 5 nitrogen and oxygen atoms in total. The first-order valence-electron chi connectivity index (χ1n) is 3.74. The van der Waals surface area contributed by atoms with Crippen molar-refractivity contribution in [2.75, 3.05) is 11.9 Å². The monoisotopic (exact) mass is 244 g/mol. The average molecular weight is 245 g/mol. The number of nitrogens with one attached hydrogen (secondary N) is 2. The molecule has 0 aliphatic carbocycles. The maximum Gasteiger partial charge on any atom is 0.321 e. The normalized spacial score (nSPS) is 9.38. The Morgan fingerprint density at radius 2 is 2.15 bits per heavy atom. The number of urea groups is 1. The quantitative estimate of drug-likeness (QED) is 0.827. The maximum absolute atomic E-state index is 11.0. The Morgan fingerprint density at radius 3 is 2.69 bits per heavy atom. The van der Waals surface area contributed by atoms with Gasteiger partial charge in [0.05, 0.1) is 4.47 Å². The fourth-order valence-electron chi connectivity index (χ4n) is 0.683. The lowest BCUT2D eigenvalue weighted by atomic mass is 10.6. The summed E-state index contributed by atoms with van der Waals surface area (Å²) < 4.78 is 0.772. The Balaban J connectivity index is 2.54. The molecule has 1 heterocycles. The molecule has 0 unspecified atom stereocenters. The van der Waals surface area contributed by atoms with Gasteiger partial charge in [0, 0.05) is 18.9 Å². The van der Waals surface area contributed by atoms with E-state index < -0.39 is 0 Å². The van der Waals surface area contributed by atoms with Gasteiger partial charge in [0.15, 0.2) is 0 Å². The van der Waals surface area contributed by atoms with Crippen LogP contribution in [0.2, 0.25) is 0 Å². The van der Waals surface area contributed by atoms with Crippen molar-refractivity contribution in [1.29, 1.82) is 0 Å². The van der Waals surface area contributed by atoms with Crippen LogP contribution in [0.3, 0.4) is 0 Å². The maximum atomic E-state index is 11.0. The Hall–Kier alpha value is -1.17. The van der Waals surface area contributed by atoms with Crippen molar-refractivity contribution in [3.05, 3.63) is 16.9 Å². The van der Waals surface area contributed by atoms with Gasteiger partial charge >= 0.3 is 6.03 Å². The molecule has 0 aliphatic heterocycles. The highest BCUT2D eigenvalue weighted by Gasteiger charge is 2.00. The SMILES string of the molecule is CCNC(=O)Nc1ncc(Br)cn1. The molecule has 1 aromatic rings. The van der Waals surface area contributed by atoms with Crippen LogP contribution in [0.1, 0.15) is 6.92 Å². The van der Waals surface area contributed by atoms with E-state index in [0.717, 1.165) is 4.47 Å². The number of halogens is 1. The third-order valence-corrected chi connectivity index (χ3v) is 1.59. The van der Waals surface area contributed by atoms with Crippen molar-refractivity contribution in [1.82, 2.24) is 15.3 Å². The van der Waals surface area contributed by atoms with Gasteiger partial charge in [-0.2, -0.15) is 0 Å². The first-order valence-corrected chi connectivity index (χ1v) is 4.54. The molecule has 0 spiro atoms. The van der Waals surface area contributed by atoms with Crippen LogP contribution < -0.4 is 10.6 Å². The van der Waals surface area contributed by atoms with Crippen LogP contribution in [0, 0.1) is 0 Å². The van der Waals surface area contributed by atoms with E-state index in [2.05, 4.69) is 36.5 Å². The number of carbonyl (C=O) groups is 1. The molecule has 1 aromatic heterocycles. The van der Waals surface area contributed by atoms with Crippen LogP contribution in [0.15, 0.2) is 16.9 Å². The molecule has 2 N–H and O–H groups in total. The molecule has 1 rings (SSSR count). The van der Waals surface area contributed by atoms with Gasteiger partial charge in [0.25, 0.3) is 0 Å². The number of aromatic nitrogens is 2. The molecule has 6 heteroatoms. The third-order valence-electron chi connectivity index (χ3n) is 1.18. The second kappa shape index (κ2) is 4.76. The second-order valence-corrected chi connectivity index (χ2v) is 3.13. The molecule has 0 saturated heterocycles. The molecule has 0 aliphatic rings. The van der Waals surface area contributed by atoms with E-state index in [1.807, 2.05) is 6.92 Å². The minimum absolute atomic E-state index is 0.286. The number of anilines is 1. The first kappa shape index (κ1) is 9.91. The fourth-order valence-corrected chi connectivity index (χ4v) is 0.888. The van der Waals surface area contributed by atoms with E-state index in [1.54, 1.807) is 12.4 Å². The van der Waals surface area contributed by atoms with Crippen LogP contribution in [0.5, 0.6) is 0 Å². The van der Waals surface area contributed by atoms with Gasteiger partial charge in [-0.15, -0.1) is 0 Å². The lowest BCUT2D eigenvalue weighted by Gasteiger charge is -2.02. The first-order chi connectivity index (χ1) is 6.22. The van der Waals surface area contributed by atoms with Crippen molar-refractivity contribution in [3.63, 3.8) is 0 Å². The summed E-state index contributed by atoms with van der Waals surface area (Å²) in [6, 6.07) is -0.301. The number of hydrogen-bond acceptors (Lipinski definition) is 3. The Kier molecular flexibility index (Phi) is 3.63. The standard InChI is InChI=1S/C7H9BrN4O/c1-2-9-7(13)12-6-10-3-5(8)4-11-6/h3-4H,2H2,1H3,(H2,9,10,11,12,13). The van der Waals surface area contributed by atoms with Gasteiger partial charge < -0.3 is 5.32 Å². The van der Waals surface area contributed by atoms with E-state index in [-0.39, 0.29) is 12.0 Å². The largest absolute Gasteiger partial charge is 0.338 e. The Morgan fingerprint density at radius 1 is 1.54 bits per heavy atom. The molecule has 2 amide bonds. The number of carbonyl (C=O) groups excluding carboxylic acids is 1. The summed E-state index contributed by atoms with van der Waals surface area (Å²) in [5.41, 5.74) is 0. The summed E-state index contributed by atoms with van der Waals surface area (Å²) in [5.74, 6) is 0.286. The average Bonchev–Trinajstić information content (AvgIpc) is 2.09. The highest BCUT2D eigenvalue weighted by molar-refractivity contribution is 9.10. The van der Waals surface area contributed by atoms with E-state index in [1.165, 1.54) is 0 Å². The fraction of sp³-hybridized carbons (Fsp3) is 0.286. The summed E-state index contributed by atoms with van der Waals surface area (Å²) in [6.45, 7) is 2.41. The zero-order chi connectivity index (χ0) is 9.68. The molecule has 0 atom stereocenters. The summed E-state index contributed by atoms with van der Waals surface area (Å²) >= 11 is 3.19. The molecular weight excluding hydrogens is 236 g/mol. The zero-order valence-electron chi connectivity index (χ0n) is 7.04. The number of rotatable bonds is 2. The van der Waals surface area contributed by atoms with Crippen LogP contribution in [0.4, 0.5) is 10.7 Å². The van der Waals surface area contributed by atoms with E-state index >= 15 is 0 Å². The minimum Gasteiger partial charge on any atom is -0.338 e. The van der Waals surface area contributed by atoms with Crippen LogP contribution >= 0.6 is 15.9 Å². The molecule has 0 aromatic carbocycles. The van der Waals surface area contributed by atoms with Gasteiger partial charge in [-0.05, 0) is 22.9 Å². The van der Waals surface area contributed by atoms with Gasteiger partial charge in [-0.1, -0.05) is 0 Å². The molecule has 70 valence electrons. The van der Waals surface area contributed by atoms with Gasteiger partial charge in [-0.25, -0.2) is 14.8 Å². The van der Waals surface area contributed by atoms with Crippen molar-refractivity contribution in [2.45, 2.75) is 6.92 Å². The summed E-state index contributed by atoms with van der Waals surface area (Å²) in [7, 11) is 0. The lowest BCUT2D eigenvalue weighted by Crippen LogP contribution is -2.28. The minimum atomic E-state index is -0.301. The third kappa shape index (κ3) is 3.37. The number of amides is 2. The predicted molar refractivity (Wildman–Crippen MR) is 52.4 cm³/mol. The second-order valence-electron chi connectivity index (χ2n) is 2.21. The van der Waals surface area contributed by atoms with Crippen molar-refractivity contribution in [3.8, 4) is 0 Å². The summed E-state index contributed by atoms with van der Waals surface area (Å²) in [4.78, 5) is 18.7. The highest BCUT2D eigenvalue weighted by atomic mass is 79.9. The smallest absolute Gasteiger partial charge is 0.321 e.